The average molecular weight is 293 g/mol. The van der Waals surface area contributed by atoms with E-state index in [0.29, 0.717) is 6.04 Å². The Balaban J connectivity index is 1.77. The first-order valence-electron chi connectivity index (χ1n) is 7.84. The zero-order valence-electron chi connectivity index (χ0n) is 12.6. The monoisotopic (exact) mass is 293 g/mol. The molecule has 1 fully saturated rings. The number of nitrogens with zero attached hydrogens (tertiary/aromatic N) is 1. The molecule has 1 N–H and O–H groups in total. The average Bonchev–Trinajstić information content (AvgIpc) is 2.49. The summed E-state index contributed by atoms with van der Waals surface area (Å²) in [6, 6.07) is 9.47. The summed E-state index contributed by atoms with van der Waals surface area (Å²) in [4.78, 5) is 3.85. The van der Waals surface area contributed by atoms with Crippen molar-refractivity contribution in [1.82, 2.24) is 4.90 Å². The zero-order valence-corrected chi connectivity index (χ0v) is 13.4. The number of hydrogen-bond acceptors (Lipinski definition) is 3. The highest BCUT2D eigenvalue weighted by atomic mass is 32.2. The lowest BCUT2D eigenvalue weighted by Gasteiger charge is -2.33. The molecule has 0 aliphatic heterocycles. The van der Waals surface area contributed by atoms with Crippen molar-refractivity contribution in [2.45, 2.75) is 50.0 Å². The topological polar surface area (TPSA) is 23.5 Å². The number of rotatable bonds is 7. The van der Waals surface area contributed by atoms with Gasteiger partial charge in [-0.3, -0.25) is 4.90 Å². The third kappa shape index (κ3) is 5.12. The van der Waals surface area contributed by atoms with Gasteiger partial charge in [0.05, 0.1) is 6.61 Å². The zero-order chi connectivity index (χ0) is 14.2. The Kier molecular flexibility index (Phi) is 6.91. The molecule has 112 valence electrons. The van der Waals surface area contributed by atoms with E-state index in [0.717, 1.165) is 18.8 Å². The lowest BCUT2D eigenvalue weighted by atomic mass is 9.94. The molecule has 0 spiro atoms. The Morgan fingerprint density at radius 3 is 2.45 bits per heavy atom. The minimum absolute atomic E-state index is 0.283. The predicted molar refractivity (Wildman–Crippen MR) is 87.4 cm³/mol. The highest BCUT2D eigenvalue weighted by Crippen LogP contribution is 2.24. The van der Waals surface area contributed by atoms with E-state index in [9.17, 15) is 5.11 Å². The van der Waals surface area contributed by atoms with Crippen LogP contribution < -0.4 is 0 Å². The molecule has 20 heavy (non-hydrogen) atoms. The van der Waals surface area contributed by atoms with E-state index in [1.165, 1.54) is 42.6 Å². The van der Waals surface area contributed by atoms with Gasteiger partial charge in [-0.2, -0.15) is 0 Å². The Morgan fingerprint density at radius 1 is 1.10 bits per heavy atom. The highest BCUT2D eigenvalue weighted by Gasteiger charge is 2.20. The van der Waals surface area contributed by atoms with Gasteiger partial charge in [0, 0.05) is 29.8 Å². The van der Waals surface area contributed by atoms with Crippen molar-refractivity contribution in [3.8, 4) is 0 Å². The van der Waals surface area contributed by atoms with Crippen molar-refractivity contribution in [2.24, 2.45) is 0 Å². The van der Waals surface area contributed by atoms with Gasteiger partial charge in [0.2, 0.25) is 0 Å². The van der Waals surface area contributed by atoms with Crippen LogP contribution >= 0.6 is 11.8 Å². The summed E-state index contributed by atoms with van der Waals surface area (Å²) in [5, 5.41) is 9.27. The van der Waals surface area contributed by atoms with Crippen molar-refractivity contribution < 1.29 is 5.11 Å². The van der Waals surface area contributed by atoms with Gasteiger partial charge in [0.1, 0.15) is 0 Å². The molecule has 3 heteroatoms. The van der Waals surface area contributed by atoms with E-state index in [-0.39, 0.29) is 6.61 Å². The van der Waals surface area contributed by atoms with Crippen molar-refractivity contribution in [3.63, 3.8) is 0 Å². The summed E-state index contributed by atoms with van der Waals surface area (Å²) < 4.78 is 0. The molecule has 1 aliphatic carbocycles. The van der Waals surface area contributed by atoms with Crippen LogP contribution in [0.1, 0.15) is 37.7 Å². The Morgan fingerprint density at radius 2 is 1.80 bits per heavy atom. The smallest absolute Gasteiger partial charge is 0.0558 e. The molecule has 1 saturated carbocycles. The second-order valence-corrected chi connectivity index (χ2v) is 6.88. The molecule has 2 rings (SSSR count). The number of thioether (sulfide) groups is 1. The maximum Gasteiger partial charge on any atom is 0.0558 e. The van der Waals surface area contributed by atoms with Gasteiger partial charge in [-0.15, -0.1) is 11.8 Å². The first-order chi connectivity index (χ1) is 9.79. The molecule has 1 aromatic carbocycles. The van der Waals surface area contributed by atoms with Crippen LogP contribution in [-0.2, 0) is 0 Å². The Labute approximate surface area is 127 Å². The summed E-state index contributed by atoms with van der Waals surface area (Å²) >= 11 is 1.92. The molecular formula is C17H27NOS. The summed E-state index contributed by atoms with van der Waals surface area (Å²) in [7, 11) is 0. The van der Waals surface area contributed by atoms with E-state index >= 15 is 0 Å². The van der Waals surface area contributed by atoms with Crippen LogP contribution in [0.2, 0.25) is 0 Å². The van der Waals surface area contributed by atoms with Crippen LogP contribution in [0.4, 0.5) is 0 Å². The minimum Gasteiger partial charge on any atom is -0.395 e. The maximum atomic E-state index is 9.27. The van der Waals surface area contributed by atoms with Gasteiger partial charge < -0.3 is 5.11 Å². The van der Waals surface area contributed by atoms with Gasteiger partial charge in [-0.25, -0.2) is 0 Å². The van der Waals surface area contributed by atoms with Crippen LogP contribution in [0.15, 0.2) is 29.2 Å². The molecule has 0 heterocycles. The molecule has 0 radical (unpaired) electrons. The number of benzene rings is 1. The molecule has 0 saturated heterocycles. The molecule has 0 atom stereocenters. The predicted octanol–water partition coefficient (Wildman–Crippen LogP) is 3.71. The molecule has 1 aliphatic rings. The summed E-state index contributed by atoms with van der Waals surface area (Å²) in [5.74, 6) is 1.11. The van der Waals surface area contributed by atoms with Crippen molar-refractivity contribution >= 4 is 11.8 Å². The number of hydrogen-bond donors (Lipinski definition) is 1. The lowest BCUT2D eigenvalue weighted by Crippen LogP contribution is -2.40. The van der Waals surface area contributed by atoms with Crippen molar-refractivity contribution in [2.75, 3.05) is 25.4 Å². The quantitative estimate of drug-likeness (QED) is 0.775. The maximum absolute atomic E-state index is 9.27. The SMILES string of the molecule is Cc1ccc(SCCN(CCO)C2CCCCC2)cc1. The molecule has 0 amide bonds. The van der Waals surface area contributed by atoms with Crippen LogP contribution in [0.3, 0.4) is 0 Å². The molecule has 0 aromatic heterocycles. The second-order valence-electron chi connectivity index (χ2n) is 5.71. The van der Waals surface area contributed by atoms with Crippen molar-refractivity contribution in [1.29, 1.82) is 0 Å². The number of aliphatic hydroxyl groups is 1. The highest BCUT2D eigenvalue weighted by molar-refractivity contribution is 7.99. The number of aliphatic hydroxyl groups excluding tert-OH is 1. The van der Waals surface area contributed by atoms with Crippen LogP contribution in [0, 0.1) is 6.92 Å². The fourth-order valence-corrected chi connectivity index (χ4v) is 3.86. The standard InChI is InChI=1S/C17H27NOS/c1-15-7-9-17(10-8-15)20-14-12-18(11-13-19)16-5-3-2-4-6-16/h7-10,16,19H,2-6,11-14H2,1H3. The van der Waals surface area contributed by atoms with E-state index in [1.54, 1.807) is 0 Å². The van der Waals surface area contributed by atoms with Gasteiger partial charge in [-0.1, -0.05) is 37.0 Å². The fraction of sp³-hybridized carbons (Fsp3) is 0.647. The molecular weight excluding hydrogens is 266 g/mol. The third-order valence-corrected chi connectivity index (χ3v) is 5.14. The molecule has 0 unspecified atom stereocenters. The van der Waals surface area contributed by atoms with E-state index < -0.39 is 0 Å². The van der Waals surface area contributed by atoms with Crippen LogP contribution in [-0.4, -0.2) is 41.5 Å². The fourth-order valence-electron chi connectivity index (χ4n) is 2.97. The van der Waals surface area contributed by atoms with Gasteiger partial charge >= 0.3 is 0 Å². The number of aryl methyl sites for hydroxylation is 1. The summed E-state index contributed by atoms with van der Waals surface area (Å²) in [6.07, 6.45) is 6.74. The molecule has 0 bridgehead atoms. The van der Waals surface area contributed by atoms with Gasteiger partial charge in [-0.05, 0) is 31.9 Å². The van der Waals surface area contributed by atoms with E-state index in [1.807, 2.05) is 11.8 Å². The third-order valence-electron chi connectivity index (χ3n) is 4.15. The van der Waals surface area contributed by atoms with Gasteiger partial charge in [0.15, 0.2) is 0 Å². The minimum atomic E-state index is 0.283. The van der Waals surface area contributed by atoms with Crippen LogP contribution in [0.5, 0.6) is 0 Å². The lowest BCUT2D eigenvalue weighted by molar-refractivity contribution is 0.131. The normalized spacial score (nSPS) is 16.8. The van der Waals surface area contributed by atoms with E-state index in [4.69, 9.17) is 0 Å². The Hall–Kier alpha value is -0.510. The largest absolute Gasteiger partial charge is 0.395 e. The summed E-state index contributed by atoms with van der Waals surface area (Å²) in [6.45, 7) is 4.33. The Bertz CT molecular complexity index is 373. The first kappa shape index (κ1) is 15.9. The van der Waals surface area contributed by atoms with Crippen molar-refractivity contribution in [3.05, 3.63) is 29.8 Å². The molecule has 2 nitrogen and oxygen atoms in total. The first-order valence-corrected chi connectivity index (χ1v) is 8.82. The molecule has 1 aromatic rings. The second kappa shape index (κ2) is 8.71. The van der Waals surface area contributed by atoms with Crippen LogP contribution in [0.25, 0.3) is 0 Å². The van der Waals surface area contributed by atoms with E-state index in [2.05, 4.69) is 36.1 Å². The summed E-state index contributed by atoms with van der Waals surface area (Å²) in [5.41, 5.74) is 1.32. The van der Waals surface area contributed by atoms with Gasteiger partial charge in [0.25, 0.3) is 0 Å².